The van der Waals surface area contributed by atoms with Gasteiger partial charge in [-0.15, -0.1) is 0 Å². The number of nitrogens with one attached hydrogen (secondary N) is 1. The lowest BCUT2D eigenvalue weighted by atomic mass is 9.95. The molecule has 0 fully saturated rings. The fourth-order valence-corrected chi connectivity index (χ4v) is 2.17. The molecule has 96 valence electrons. The van der Waals surface area contributed by atoms with E-state index in [0.29, 0.717) is 0 Å². The van der Waals surface area contributed by atoms with Gasteiger partial charge in [-0.3, -0.25) is 0 Å². The number of hydrogen-bond donors (Lipinski definition) is 1. The fourth-order valence-electron chi connectivity index (χ4n) is 2.17. The maximum Gasteiger partial charge on any atom is 0.123 e. The Hall–Kier alpha value is -0.890. The predicted molar refractivity (Wildman–Crippen MR) is 71.6 cm³/mol. The molecular formula is C15H24FN. The van der Waals surface area contributed by atoms with Gasteiger partial charge in [0.1, 0.15) is 5.82 Å². The molecule has 1 unspecified atom stereocenters. The Labute approximate surface area is 104 Å². The van der Waals surface area contributed by atoms with Gasteiger partial charge in [0.05, 0.1) is 0 Å². The third-order valence-corrected chi connectivity index (χ3v) is 3.24. The standard InChI is InChI=1S/C15H24FN/c1-11(2)6-5-7-15(17-4)14-10-13(16)9-8-12(14)3/h8-11,15,17H,5-7H2,1-4H3. The van der Waals surface area contributed by atoms with Gasteiger partial charge in [-0.25, -0.2) is 4.39 Å². The van der Waals surface area contributed by atoms with Crippen LogP contribution in [0.4, 0.5) is 4.39 Å². The Kier molecular flexibility index (Phi) is 5.63. The molecule has 17 heavy (non-hydrogen) atoms. The lowest BCUT2D eigenvalue weighted by Gasteiger charge is -2.19. The smallest absolute Gasteiger partial charge is 0.123 e. The molecule has 0 aromatic heterocycles. The van der Waals surface area contributed by atoms with Gasteiger partial charge in [-0.2, -0.15) is 0 Å². The first-order chi connectivity index (χ1) is 8.04. The number of aryl methyl sites for hydroxylation is 1. The lowest BCUT2D eigenvalue weighted by Crippen LogP contribution is -2.17. The van der Waals surface area contributed by atoms with E-state index in [4.69, 9.17) is 0 Å². The Bertz CT molecular complexity index is 347. The summed E-state index contributed by atoms with van der Waals surface area (Å²) in [6, 6.07) is 5.31. The van der Waals surface area contributed by atoms with E-state index in [1.807, 2.05) is 20.0 Å². The zero-order valence-electron chi connectivity index (χ0n) is 11.4. The molecule has 0 aliphatic carbocycles. The van der Waals surface area contributed by atoms with Crippen LogP contribution in [0.3, 0.4) is 0 Å². The van der Waals surface area contributed by atoms with Crippen LogP contribution in [0, 0.1) is 18.7 Å². The Morgan fingerprint density at radius 1 is 1.24 bits per heavy atom. The normalized spacial score (nSPS) is 13.1. The van der Waals surface area contributed by atoms with Crippen molar-refractivity contribution in [3.8, 4) is 0 Å². The van der Waals surface area contributed by atoms with Gasteiger partial charge in [0, 0.05) is 6.04 Å². The minimum Gasteiger partial charge on any atom is -0.313 e. The van der Waals surface area contributed by atoms with Crippen molar-refractivity contribution in [1.29, 1.82) is 0 Å². The Morgan fingerprint density at radius 3 is 2.53 bits per heavy atom. The number of hydrogen-bond acceptors (Lipinski definition) is 1. The molecule has 1 aromatic rings. The third-order valence-electron chi connectivity index (χ3n) is 3.24. The van der Waals surface area contributed by atoms with Gasteiger partial charge in [0.15, 0.2) is 0 Å². The van der Waals surface area contributed by atoms with Crippen LogP contribution in [0.25, 0.3) is 0 Å². The van der Waals surface area contributed by atoms with Crippen LogP contribution < -0.4 is 5.32 Å². The van der Waals surface area contributed by atoms with E-state index in [9.17, 15) is 4.39 Å². The Balaban J connectivity index is 2.68. The summed E-state index contributed by atoms with van der Waals surface area (Å²) < 4.78 is 13.3. The van der Waals surface area contributed by atoms with E-state index in [-0.39, 0.29) is 11.9 Å². The molecule has 0 aliphatic rings. The van der Waals surface area contributed by atoms with Crippen molar-refractivity contribution in [1.82, 2.24) is 5.32 Å². The van der Waals surface area contributed by atoms with Crippen LogP contribution in [0.5, 0.6) is 0 Å². The summed E-state index contributed by atoms with van der Waals surface area (Å²) >= 11 is 0. The van der Waals surface area contributed by atoms with Gasteiger partial charge < -0.3 is 5.32 Å². The van der Waals surface area contributed by atoms with E-state index in [1.165, 1.54) is 18.9 Å². The maximum absolute atomic E-state index is 13.3. The van der Waals surface area contributed by atoms with Crippen LogP contribution in [0.15, 0.2) is 18.2 Å². The maximum atomic E-state index is 13.3. The molecule has 1 aromatic carbocycles. The molecule has 0 spiro atoms. The summed E-state index contributed by atoms with van der Waals surface area (Å²) in [6.45, 7) is 6.52. The molecule has 1 rings (SSSR count). The molecular weight excluding hydrogens is 213 g/mol. The summed E-state index contributed by atoms with van der Waals surface area (Å²) in [4.78, 5) is 0. The monoisotopic (exact) mass is 237 g/mol. The summed E-state index contributed by atoms with van der Waals surface area (Å²) in [5.74, 6) is 0.593. The zero-order valence-corrected chi connectivity index (χ0v) is 11.4. The average molecular weight is 237 g/mol. The molecule has 1 nitrogen and oxygen atoms in total. The topological polar surface area (TPSA) is 12.0 Å². The summed E-state index contributed by atoms with van der Waals surface area (Å²) in [5.41, 5.74) is 2.26. The van der Waals surface area contributed by atoms with Crippen LogP contribution in [-0.4, -0.2) is 7.05 Å². The Morgan fingerprint density at radius 2 is 1.94 bits per heavy atom. The molecule has 0 aliphatic heterocycles. The van der Waals surface area contributed by atoms with Crippen molar-refractivity contribution < 1.29 is 4.39 Å². The van der Waals surface area contributed by atoms with Crippen LogP contribution in [0.1, 0.15) is 50.3 Å². The summed E-state index contributed by atoms with van der Waals surface area (Å²) in [6.07, 6.45) is 3.48. The molecule has 0 heterocycles. The van der Waals surface area contributed by atoms with Crippen molar-refractivity contribution >= 4 is 0 Å². The van der Waals surface area contributed by atoms with Crippen molar-refractivity contribution in [3.63, 3.8) is 0 Å². The van der Waals surface area contributed by atoms with E-state index < -0.39 is 0 Å². The number of halogens is 1. The quantitative estimate of drug-likeness (QED) is 0.781. The van der Waals surface area contributed by atoms with E-state index >= 15 is 0 Å². The highest BCUT2D eigenvalue weighted by atomic mass is 19.1. The molecule has 1 N–H and O–H groups in total. The largest absolute Gasteiger partial charge is 0.313 e. The number of rotatable bonds is 6. The summed E-state index contributed by atoms with van der Waals surface area (Å²) in [5, 5.41) is 3.29. The SMILES string of the molecule is CNC(CCCC(C)C)c1cc(F)ccc1C. The molecule has 0 saturated heterocycles. The van der Waals surface area contributed by atoms with Gasteiger partial charge in [0.2, 0.25) is 0 Å². The first-order valence-electron chi connectivity index (χ1n) is 6.48. The average Bonchev–Trinajstić information content (AvgIpc) is 2.28. The van der Waals surface area contributed by atoms with E-state index in [2.05, 4.69) is 19.2 Å². The minimum absolute atomic E-state index is 0.144. The van der Waals surface area contributed by atoms with Crippen molar-refractivity contribution in [2.75, 3.05) is 7.05 Å². The summed E-state index contributed by atoms with van der Waals surface area (Å²) in [7, 11) is 1.95. The van der Waals surface area contributed by atoms with Gasteiger partial charge in [0.25, 0.3) is 0 Å². The first kappa shape index (κ1) is 14.2. The molecule has 2 heteroatoms. The second-order valence-corrected chi connectivity index (χ2v) is 5.17. The first-order valence-corrected chi connectivity index (χ1v) is 6.48. The molecule has 0 saturated carbocycles. The second-order valence-electron chi connectivity index (χ2n) is 5.17. The minimum atomic E-state index is -0.144. The highest BCUT2D eigenvalue weighted by Gasteiger charge is 2.12. The van der Waals surface area contributed by atoms with Gasteiger partial charge in [-0.1, -0.05) is 32.8 Å². The van der Waals surface area contributed by atoms with Crippen LogP contribution in [0.2, 0.25) is 0 Å². The molecule has 0 amide bonds. The highest BCUT2D eigenvalue weighted by molar-refractivity contribution is 5.29. The predicted octanol–water partition coefficient (Wildman–Crippen LogP) is 4.22. The van der Waals surface area contributed by atoms with Gasteiger partial charge in [-0.05, 0) is 49.6 Å². The molecule has 0 bridgehead atoms. The lowest BCUT2D eigenvalue weighted by molar-refractivity contribution is 0.467. The zero-order chi connectivity index (χ0) is 12.8. The molecule has 1 atom stereocenters. The third kappa shape index (κ3) is 4.47. The number of benzene rings is 1. The molecule has 0 radical (unpaired) electrons. The van der Waals surface area contributed by atoms with E-state index in [0.717, 1.165) is 23.5 Å². The van der Waals surface area contributed by atoms with Crippen molar-refractivity contribution in [2.45, 2.75) is 46.1 Å². The van der Waals surface area contributed by atoms with Crippen LogP contribution >= 0.6 is 0 Å². The fraction of sp³-hybridized carbons (Fsp3) is 0.600. The highest BCUT2D eigenvalue weighted by Crippen LogP contribution is 2.24. The van der Waals surface area contributed by atoms with Crippen LogP contribution in [-0.2, 0) is 0 Å². The van der Waals surface area contributed by atoms with Gasteiger partial charge >= 0.3 is 0 Å². The van der Waals surface area contributed by atoms with Crippen molar-refractivity contribution in [2.24, 2.45) is 5.92 Å². The van der Waals surface area contributed by atoms with Crippen molar-refractivity contribution in [3.05, 3.63) is 35.1 Å². The van der Waals surface area contributed by atoms with E-state index in [1.54, 1.807) is 6.07 Å². The second kappa shape index (κ2) is 6.75.